The second kappa shape index (κ2) is 6.06. The van der Waals surface area contributed by atoms with Crippen LogP contribution in [0.3, 0.4) is 0 Å². The van der Waals surface area contributed by atoms with Gasteiger partial charge in [0, 0.05) is 32.4 Å². The molecule has 1 atom stereocenters. The number of nitrogens with zero attached hydrogens (tertiary/aromatic N) is 3. The molecule has 21 heavy (non-hydrogen) atoms. The maximum Gasteiger partial charge on any atom is 0.208 e. The van der Waals surface area contributed by atoms with Crippen molar-refractivity contribution in [3.8, 4) is 0 Å². The molecule has 1 saturated carbocycles. The molecule has 1 unspecified atom stereocenters. The normalized spacial score (nSPS) is 24.3. The third kappa shape index (κ3) is 3.84. The molecule has 118 valence electrons. The predicted octanol–water partition coefficient (Wildman–Crippen LogP) is 0.979. The Hall–Kier alpha value is -0.920. The summed E-state index contributed by atoms with van der Waals surface area (Å²) in [5.74, 6) is 0.808. The maximum absolute atomic E-state index is 11.3. The molecule has 6 nitrogen and oxygen atoms in total. The lowest BCUT2D eigenvalue weighted by Crippen LogP contribution is -2.43. The second-order valence-corrected chi connectivity index (χ2v) is 8.24. The summed E-state index contributed by atoms with van der Waals surface area (Å²) in [6.45, 7) is 3.37. The van der Waals surface area contributed by atoms with Crippen molar-refractivity contribution in [2.75, 3.05) is 25.9 Å². The summed E-state index contributed by atoms with van der Waals surface area (Å²) in [6, 6.07) is 0.132. The van der Waals surface area contributed by atoms with Gasteiger partial charge < -0.3 is 4.57 Å². The van der Waals surface area contributed by atoms with E-state index in [1.807, 2.05) is 12.5 Å². The van der Waals surface area contributed by atoms with E-state index in [0.717, 1.165) is 25.6 Å². The Morgan fingerprint density at radius 3 is 2.86 bits per heavy atom. The molecule has 1 aliphatic carbocycles. The first-order chi connectivity index (χ1) is 10.0. The number of aromatic nitrogens is 2. The smallest absolute Gasteiger partial charge is 0.208 e. The summed E-state index contributed by atoms with van der Waals surface area (Å²) in [5.41, 5.74) is 1.18. The monoisotopic (exact) mass is 312 g/mol. The zero-order valence-electron chi connectivity index (χ0n) is 12.5. The van der Waals surface area contributed by atoms with Gasteiger partial charge in [0.2, 0.25) is 10.0 Å². The van der Waals surface area contributed by atoms with E-state index < -0.39 is 10.0 Å². The van der Waals surface area contributed by atoms with Crippen LogP contribution in [0.15, 0.2) is 12.5 Å². The summed E-state index contributed by atoms with van der Waals surface area (Å²) in [7, 11) is -3.15. The van der Waals surface area contributed by atoms with Gasteiger partial charge in [-0.15, -0.1) is 0 Å². The Morgan fingerprint density at radius 2 is 2.14 bits per heavy atom. The highest BCUT2D eigenvalue weighted by atomic mass is 32.2. The van der Waals surface area contributed by atoms with Crippen LogP contribution in [0, 0.1) is 5.92 Å². The molecule has 2 heterocycles. The van der Waals surface area contributed by atoms with Crippen molar-refractivity contribution in [3.05, 3.63) is 18.2 Å². The highest BCUT2D eigenvalue weighted by Crippen LogP contribution is 2.28. The molecule has 7 heteroatoms. The van der Waals surface area contributed by atoms with E-state index in [1.54, 1.807) is 0 Å². The van der Waals surface area contributed by atoms with Crippen LogP contribution in [0.2, 0.25) is 0 Å². The van der Waals surface area contributed by atoms with Crippen molar-refractivity contribution in [3.63, 3.8) is 0 Å². The molecule has 2 aliphatic rings. The Kier molecular flexibility index (Phi) is 4.33. The first-order valence-electron chi connectivity index (χ1n) is 7.69. The number of hydrogen-bond acceptors (Lipinski definition) is 4. The fourth-order valence-electron chi connectivity index (χ4n) is 3.57. The summed E-state index contributed by atoms with van der Waals surface area (Å²) in [4.78, 5) is 6.68. The molecule has 0 spiro atoms. The molecular formula is C14H24N4O2S. The van der Waals surface area contributed by atoms with Crippen molar-refractivity contribution in [1.29, 1.82) is 0 Å². The van der Waals surface area contributed by atoms with Crippen LogP contribution in [-0.4, -0.2) is 48.8 Å². The fourth-order valence-corrected chi connectivity index (χ4v) is 4.07. The van der Waals surface area contributed by atoms with Crippen molar-refractivity contribution in [2.24, 2.45) is 5.92 Å². The third-order valence-corrected chi connectivity index (χ3v) is 5.26. The van der Waals surface area contributed by atoms with Crippen LogP contribution in [0.5, 0.6) is 0 Å². The molecule has 0 saturated heterocycles. The molecule has 1 aromatic heterocycles. The average Bonchev–Trinajstić information content (AvgIpc) is 3.05. The summed E-state index contributed by atoms with van der Waals surface area (Å²) < 4.78 is 27.4. The minimum absolute atomic E-state index is 0.132. The SMILES string of the molecule is CS(=O)(=O)NCC1CN(CC2CCCC2)Cc2cncn21. The number of hydrogen-bond donors (Lipinski definition) is 1. The van der Waals surface area contributed by atoms with Gasteiger partial charge in [-0.1, -0.05) is 12.8 Å². The zero-order chi connectivity index (χ0) is 14.9. The lowest BCUT2D eigenvalue weighted by molar-refractivity contribution is 0.160. The van der Waals surface area contributed by atoms with Crippen molar-refractivity contribution >= 4 is 10.0 Å². The van der Waals surface area contributed by atoms with Crippen LogP contribution >= 0.6 is 0 Å². The number of imidazole rings is 1. The zero-order valence-corrected chi connectivity index (χ0v) is 13.3. The number of fused-ring (bicyclic) bond motifs is 1. The van der Waals surface area contributed by atoms with Gasteiger partial charge in [0.25, 0.3) is 0 Å². The fraction of sp³-hybridized carbons (Fsp3) is 0.786. The summed E-state index contributed by atoms with van der Waals surface area (Å²) >= 11 is 0. The molecule has 0 bridgehead atoms. The van der Waals surface area contributed by atoms with Crippen LogP contribution in [0.1, 0.15) is 37.4 Å². The largest absolute Gasteiger partial charge is 0.328 e. The maximum atomic E-state index is 11.3. The van der Waals surface area contributed by atoms with E-state index in [-0.39, 0.29) is 6.04 Å². The molecule has 0 radical (unpaired) electrons. The standard InChI is InChI=1S/C14H24N4O2S/c1-21(19,20)16-7-14-10-17(8-12-4-2-3-5-12)9-13-6-15-11-18(13)14/h6,11-12,14,16H,2-5,7-10H2,1H3. The number of nitrogens with one attached hydrogen (secondary N) is 1. The Labute approximate surface area is 126 Å². The van der Waals surface area contributed by atoms with E-state index in [4.69, 9.17) is 0 Å². The Bertz CT molecular complexity index is 578. The van der Waals surface area contributed by atoms with Crippen LogP contribution in [-0.2, 0) is 16.6 Å². The van der Waals surface area contributed by atoms with E-state index in [1.165, 1.54) is 37.6 Å². The quantitative estimate of drug-likeness (QED) is 0.880. The molecule has 1 N–H and O–H groups in total. The van der Waals surface area contributed by atoms with E-state index in [0.29, 0.717) is 6.54 Å². The molecule has 1 aromatic rings. The molecule has 1 aliphatic heterocycles. The van der Waals surface area contributed by atoms with Gasteiger partial charge in [-0.25, -0.2) is 18.1 Å². The first-order valence-corrected chi connectivity index (χ1v) is 9.58. The molecule has 1 fully saturated rings. The first kappa shape index (κ1) is 15.0. The van der Waals surface area contributed by atoms with Gasteiger partial charge in [0.1, 0.15) is 0 Å². The van der Waals surface area contributed by atoms with Crippen LogP contribution in [0.25, 0.3) is 0 Å². The second-order valence-electron chi connectivity index (χ2n) is 6.41. The lowest BCUT2D eigenvalue weighted by atomic mass is 10.1. The van der Waals surface area contributed by atoms with Crippen molar-refractivity contribution in [1.82, 2.24) is 19.2 Å². The van der Waals surface area contributed by atoms with Crippen LogP contribution < -0.4 is 4.72 Å². The molecular weight excluding hydrogens is 288 g/mol. The minimum Gasteiger partial charge on any atom is -0.328 e. The highest BCUT2D eigenvalue weighted by molar-refractivity contribution is 7.88. The third-order valence-electron chi connectivity index (χ3n) is 4.57. The van der Waals surface area contributed by atoms with E-state index in [9.17, 15) is 8.42 Å². The summed E-state index contributed by atoms with van der Waals surface area (Å²) in [6.07, 6.45) is 10.3. The Balaban J connectivity index is 1.67. The number of sulfonamides is 1. The predicted molar refractivity (Wildman–Crippen MR) is 81.3 cm³/mol. The highest BCUT2D eigenvalue weighted by Gasteiger charge is 2.27. The topological polar surface area (TPSA) is 67.2 Å². The molecule has 0 aromatic carbocycles. The van der Waals surface area contributed by atoms with E-state index in [2.05, 4.69) is 19.2 Å². The average molecular weight is 312 g/mol. The number of rotatable bonds is 5. The van der Waals surface area contributed by atoms with Crippen molar-refractivity contribution < 1.29 is 8.42 Å². The molecule has 0 amide bonds. The van der Waals surface area contributed by atoms with Gasteiger partial charge in [0.15, 0.2) is 0 Å². The van der Waals surface area contributed by atoms with E-state index >= 15 is 0 Å². The van der Waals surface area contributed by atoms with Gasteiger partial charge in [-0.3, -0.25) is 4.90 Å². The summed E-state index contributed by atoms with van der Waals surface area (Å²) in [5, 5.41) is 0. The van der Waals surface area contributed by atoms with Gasteiger partial charge in [0.05, 0.1) is 24.3 Å². The lowest BCUT2D eigenvalue weighted by Gasteiger charge is -2.35. The van der Waals surface area contributed by atoms with Crippen LogP contribution in [0.4, 0.5) is 0 Å². The van der Waals surface area contributed by atoms with Gasteiger partial charge in [-0.05, 0) is 18.8 Å². The Morgan fingerprint density at radius 1 is 1.38 bits per heavy atom. The minimum atomic E-state index is -3.15. The van der Waals surface area contributed by atoms with Crippen molar-refractivity contribution in [2.45, 2.75) is 38.3 Å². The van der Waals surface area contributed by atoms with Gasteiger partial charge >= 0.3 is 0 Å². The van der Waals surface area contributed by atoms with Gasteiger partial charge in [-0.2, -0.15) is 0 Å². The molecule has 3 rings (SSSR count).